The van der Waals surface area contributed by atoms with Gasteiger partial charge in [-0.1, -0.05) is 42.0 Å². The normalized spacial score (nSPS) is 10.2. The zero-order valence-electron chi connectivity index (χ0n) is 12.2. The molecule has 0 fully saturated rings. The Morgan fingerprint density at radius 3 is 2.35 bits per heavy atom. The molecule has 1 N–H and O–H groups in total. The molecular formula is C17H20N2S. The number of anilines is 1. The van der Waals surface area contributed by atoms with Crippen LogP contribution < -0.4 is 5.32 Å². The van der Waals surface area contributed by atoms with E-state index in [-0.39, 0.29) is 0 Å². The van der Waals surface area contributed by atoms with Crippen LogP contribution in [-0.4, -0.2) is 17.1 Å². The second-order valence-electron chi connectivity index (χ2n) is 5.08. The van der Waals surface area contributed by atoms with Crippen molar-refractivity contribution in [3.63, 3.8) is 0 Å². The third-order valence-electron chi connectivity index (χ3n) is 3.32. The quantitative estimate of drug-likeness (QED) is 0.853. The molecule has 0 radical (unpaired) electrons. The zero-order valence-corrected chi connectivity index (χ0v) is 13.0. The Morgan fingerprint density at radius 2 is 1.70 bits per heavy atom. The third-order valence-corrected chi connectivity index (χ3v) is 3.73. The minimum atomic E-state index is 0.733. The molecule has 0 atom stereocenters. The van der Waals surface area contributed by atoms with Gasteiger partial charge in [0.05, 0.1) is 0 Å². The molecule has 0 bridgehead atoms. The topological polar surface area (TPSA) is 15.3 Å². The van der Waals surface area contributed by atoms with Crippen molar-refractivity contribution < 1.29 is 0 Å². The first-order valence-electron chi connectivity index (χ1n) is 6.69. The molecule has 0 aliphatic carbocycles. The van der Waals surface area contributed by atoms with E-state index in [1.165, 1.54) is 16.7 Å². The smallest absolute Gasteiger partial charge is 0.173 e. The van der Waals surface area contributed by atoms with Gasteiger partial charge in [-0.15, -0.1) is 0 Å². The van der Waals surface area contributed by atoms with Crippen molar-refractivity contribution in [1.29, 1.82) is 0 Å². The van der Waals surface area contributed by atoms with E-state index in [0.717, 1.165) is 17.3 Å². The summed E-state index contributed by atoms with van der Waals surface area (Å²) in [5.41, 5.74) is 4.85. The molecule has 0 saturated carbocycles. The lowest BCUT2D eigenvalue weighted by Gasteiger charge is -2.22. The predicted octanol–water partition coefficient (Wildman–Crippen LogP) is 4.13. The maximum absolute atomic E-state index is 5.45. The van der Waals surface area contributed by atoms with Gasteiger partial charge in [-0.25, -0.2) is 0 Å². The summed E-state index contributed by atoms with van der Waals surface area (Å²) < 4.78 is 0. The lowest BCUT2D eigenvalue weighted by Crippen LogP contribution is -2.30. The predicted molar refractivity (Wildman–Crippen MR) is 90.0 cm³/mol. The Kier molecular flexibility index (Phi) is 4.74. The van der Waals surface area contributed by atoms with E-state index >= 15 is 0 Å². The minimum absolute atomic E-state index is 0.733. The summed E-state index contributed by atoms with van der Waals surface area (Å²) in [6, 6.07) is 16.6. The number of hydrogen-bond acceptors (Lipinski definition) is 1. The first-order chi connectivity index (χ1) is 9.56. The van der Waals surface area contributed by atoms with Crippen molar-refractivity contribution in [2.24, 2.45) is 0 Å². The van der Waals surface area contributed by atoms with Crippen LogP contribution in [0.4, 0.5) is 5.69 Å². The number of rotatable bonds is 3. The maximum atomic E-state index is 5.45. The lowest BCUT2D eigenvalue weighted by molar-refractivity contribution is 0.507. The van der Waals surface area contributed by atoms with Crippen LogP contribution >= 0.6 is 12.2 Å². The van der Waals surface area contributed by atoms with Gasteiger partial charge in [0.1, 0.15) is 0 Å². The van der Waals surface area contributed by atoms with Crippen LogP contribution in [0.2, 0.25) is 0 Å². The van der Waals surface area contributed by atoms with Crippen LogP contribution in [0.3, 0.4) is 0 Å². The van der Waals surface area contributed by atoms with Crippen LogP contribution in [0.25, 0.3) is 0 Å². The Balaban J connectivity index is 1.99. The Bertz CT molecular complexity index is 590. The number of benzene rings is 2. The van der Waals surface area contributed by atoms with Gasteiger partial charge < -0.3 is 10.2 Å². The van der Waals surface area contributed by atoms with Gasteiger partial charge in [0, 0.05) is 19.3 Å². The van der Waals surface area contributed by atoms with E-state index in [4.69, 9.17) is 12.2 Å². The molecule has 0 saturated heterocycles. The number of hydrogen-bond donors (Lipinski definition) is 1. The van der Waals surface area contributed by atoms with Gasteiger partial charge in [0.15, 0.2) is 5.11 Å². The molecule has 2 rings (SSSR count). The van der Waals surface area contributed by atoms with Gasteiger partial charge in [0.25, 0.3) is 0 Å². The molecule has 2 aromatic carbocycles. The molecule has 20 heavy (non-hydrogen) atoms. The van der Waals surface area contributed by atoms with Crippen molar-refractivity contribution >= 4 is 23.0 Å². The summed E-state index contributed by atoms with van der Waals surface area (Å²) in [6.45, 7) is 5.01. The summed E-state index contributed by atoms with van der Waals surface area (Å²) in [7, 11) is 2.01. The average molecular weight is 284 g/mol. The Morgan fingerprint density at radius 1 is 1.05 bits per heavy atom. The van der Waals surface area contributed by atoms with E-state index in [0.29, 0.717) is 0 Å². The highest BCUT2D eigenvalue weighted by molar-refractivity contribution is 7.80. The SMILES string of the molecule is Cc1ccc(NC(=S)N(C)Cc2ccccc2C)cc1. The monoisotopic (exact) mass is 284 g/mol. The molecule has 0 aliphatic rings. The molecule has 104 valence electrons. The molecule has 2 nitrogen and oxygen atoms in total. The number of nitrogens with one attached hydrogen (secondary N) is 1. The van der Waals surface area contributed by atoms with Crippen molar-refractivity contribution in [3.8, 4) is 0 Å². The van der Waals surface area contributed by atoms with E-state index in [1.54, 1.807) is 0 Å². The van der Waals surface area contributed by atoms with Crippen LogP contribution in [-0.2, 0) is 6.54 Å². The summed E-state index contributed by atoms with van der Waals surface area (Å²) in [4.78, 5) is 2.05. The maximum Gasteiger partial charge on any atom is 0.173 e. The molecule has 0 aliphatic heterocycles. The lowest BCUT2D eigenvalue weighted by atomic mass is 10.1. The van der Waals surface area contributed by atoms with Gasteiger partial charge in [-0.05, 0) is 49.3 Å². The fraction of sp³-hybridized carbons (Fsp3) is 0.235. The van der Waals surface area contributed by atoms with Gasteiger partial charge in [-0.3, -0.25) is 0 Å². The zero-order chi connectivity index (χ0) is 14.5. The Hall–Kier alpha value is -1.87. The third kappa shape index (κ3) is 3.81. The second-order valence-corrected chi connectivity index (χ2v) is 5.47. The second kappa shape index (κ2) is 6.53. The van der Waals surface area contributed by atoms with Gasteiger partial charge in [0.2, 0.25) is 0 Å². The van der Waals surface area contributed by atoms with E-state index < -0.39 is 0 Å². The number of thiocarbonyl (C=S) groups is 1. The Labute approximate surface area is 126 Å². The standard InChI is InChI=1S/C17H20N2S/c1-13-8-10-16(11-9-13)18-17(20)19(3)12-15-7-5-4-6-14(15)2/h4-11H,12H2,1-3H3,(H,18,20). The highest BCUT2D eigenvalue weighted by Gasteiger charge is 2.07. The molecule has 0 aromatic heterocycles. The average Bonchev–Trinajstić information content (AvgIpc) is 2.44. The van der Waals surface area contributed by atoms with E-state index in [1.807, 2.05) is 19.2 Å². The molecule has 3 heteroatoms. The van der Waals surface area contributed by atoms with Crippen LogP contribution in [0.15, 0.2) is 48.5 Å². The summed E-state index contributed by atoms with van der Waals surface area (Å²) in [5.74, 6) is 0. The van der Waals surface area contributed by atoms with Crippen LogP contribution in [0.5, 0.6) is 0 Å². The molecule has 2 aromatic rings. The molecule has 0 unspecified atom stereocenters. The van der Waals surface area contributed by atoms with E-state index in [2.05, 4.69) is 60.5 Å². The fourth-order valence-corrected chi connectivity index (χ4v) is 2.15. The molecular weight excluding hydrogens is 264 g/mol. The summed E-state index contributed by atoms with van der Waals surface area (Å²) in [5, 5.41) is 4.00. The largest absolute Gasteiger partial charge is 0.348 e. The molecule has 0 heterocycles. The van der Waals surface area contributed by atoms with E-state index in [9.17, 15) is 0 Å². The van der Waals surface area contributed by atoms with Gasteiger partial charge in [-0.2, -0.15) is 0 Å². The highest BCUT2D eigenvalue weighted by atomic mass is 32.1. The van der Waals surface area contributed by atoms with Crippen LogP contribution in [0.1, 0.15) is 16.7 Å². The number of aryl methyl sites for hydroxylation is 2. The fourth-order valence-electron chi connectivity index (χ4n) is 1.97. The summed E-state index contributed by atoms with van der Waals surface area (Å²) in [6.07, 6.45) is 0. The minimum Gasteiger partial charge on any atom is -0.348 e. The molecule has 0 amide bonds. The first kappa shape index (κ1) is 14.5. The first-order valence-corrected chi connectivity index (χ1v) is 7.10. The van der Waals surface area contributed by atoms with Crippen molar-refractivity contribution in [2.75, 3.05) is 12.4 Å². The summed E-state index contributed by atoms with van der Waals surface area (Å²) >= 11 is 5.45. The van der Waals surface area contributed by atoms with Crippen LogP contribution in [0, 0.1) is 13.8 Å². The highest BCUT2D eigenvalue weighted by Crippen LogP contribution is 2.12. The van der Waals surface area contributed by atoms with Crippen molar-refractivity contribution in [3.05, 3.63) is 65.2 Å². The van der Waals surface area contributed by atoms with Crippen molar-refractivity contribution in [1.82, 2.24) is 4.90 Å². The van der Waals surface area contributed by atoms with Gasteiger partial charge >= 0.3 is 0 Å². The molecule has 0 spiro atoms. The van der Waals surface area contributed by atoms with Crippen molar-refractivity contribution in [2.45, 2.75) is 20.4 Å². The number of nitrogens with zero attached hydrogens (tertiary/aromatic N) is 1.